The molecule has 8 atom stereocenters. The molecule has 1 aliphatic carbocycles. The molecule has 1 saturated carbocycles. The molecule has 0 aromatic heterocycles. The summed E-state index contributed by atoms with van der Waals surface area (Å²) >= 11 is 0. The molecule has 4 saturated heterocycles. The second kappa shape index (κ2) is 7.95. The molecule has 32 heavy (non-hydrogen) atoms. The fourth-order valence-electron chi connectivity index (χ4n) is 6.23. The molecule has 1 N–H and O–H groups in total. The van der Waals surface area contributed by atoms with Gasteiger partial charge in [0.05, 0.1) is 19.3 Å². The Bertz CT molecular complexity index is 889. The molecular weight excluding hydrogens is 416 g/mol. The molecule has 2 bridgehead atoms. The van der Waals surface area contributed by atoms with Crippen molar-refractivity contribution < 1.29 is 38.6 Å². The summed E-state index contributed by atoms with van der Waals surface area (Å²) in [7, 11) is 1.52. The molecule has 6 rings (SSSR count). The Morgan fingerprint density at radius 2 is 2.00 bits per heavy atom. The van der Waals surface area contributed by atoms with Gasteiger partial charge in [-0.1, -0.05) is 19.9 Å². The van der Waals surface area contributed by atoms with E-state index in [1.54, 1.807) is 12.1 Å². The van der Waals surface area contributed by atoms with Crippen molar-refractivity contribution >= 4 is 5.97 Å². The predicted octanol–water partition coefficient (Wildman–Crippen LogP) is 4.12. The van der Waals surface area contributed by atoms with Crippen molar-refractivity contribution in [1.82, 2.24) is 0 Å². The van der Waals surface area contributed by atoms with Gasteiger partial charge in [-0.3, -0.25) is 0 Å². The minimum absolute atomic E-state index is 0.0696. The Hall–Kier alpha value is -1.71. The number of benzene rings is 1. The van der Waals surface area contributed by atoms with Gasteiger partial charge >= 0.3 is 5.97 Å². The second-order valence-corrected chi connectivity index (χ2v) is 9.92. The molecule has 4 heterocycles. The van der Waals surface area contributed by atoms with Gasteiger partial charge in [0.25, 0.3) is 0 Å². The van der Waals surface area contributed by atoms with Crippen LogP contribution in [-0.2, 0) is 30.6 Å². The first-order chi connectivity index (χ1) is 15.3. The summed E-state index contributed by atoms with van der Waals surface area (Å²) in [6, 6.07) is 4.78. The molecule has 5 fully saturated rings. The molecule has 0 unspecified atom stereocenters. The normalized spacial score (nSPS) is 42.8. The summed E-state index contributed by atoms with van der Waals surface area (Å²) in [6.45, 7) is 6.57. The highest BCUT2D eigenvalue weighted by Crippen LogP contribution is 2.60. The minimum atomic E-state index is -0.998. The standard InChI is InChI=1S/C24H32O8/c1-13-5-8-18-14(2)21(28-12-16-7-6-15(20(25)26)11-19(16)27-4)29-22-24(18)17(13)9-10-23(3,30-22)31-32-24/h6-7,11,13-14,17-18,21-22H,5,8-10,12H2,1-4H3,(H,25,26)/t13-,14-,17+,18+,21+,22-,23-,24-/m1/s1. The lowest BCUT2D eigenvalue weighted by molar-refractivity contribution is -0.577. The Balaban J connectivity index is 1.39. The van der Waals surface area contributed by atoms with Crippen LogP contribution in [0, 0.1) is 23.7 Å². The predicted molar refractivity (Wildman–Crippen MR) is 112 cm³/mol. The van der Waals surface area contributed by atoms with E-state index in [1.807, 2.05) is 6.92 Å². The molecule has 1 spiro atoms. The van der Waals surface area contributed by atoms with Crippen molar-refractivity contribution in [2.24, 2.45) is 23.7 Å². The topological polar surface area (TPSA) is 92.7 Å². The van der Waals surface area contributed by atoms with Crippen molar-refractivity contribution in [2.45, 2.75) is 77.0 Å². The molecule has 1 aromatic carbocycles. The number of hydrogen-bond acceptors (Lipinski definition) is 7. The van der Waals surface area contributed by atoms with Crippen molar-refractivity contribution in [3.8, 4) is 5.75 Å². The molecule has 5 aliphatic rings. The van der Waals surface area contributed by atoms with Gasteiger partial charge in [-0.2, -0.15) is 0 Å². The number of methoxy groups -OCH3 is 1. The van der Waals surface area contributed by atoms with Gasteiger partial charge in [0.2, 0.25) is 5.79 Å². The number of carboxylic acids is 1. The zero-order chi connectivity index (χ0) is 22.7. The number of carboxylic acid groups (broad SMARTS) is 1. The van der Waals surface area contributed by atoms with Crippen LogP contribution in [0.5, 0.6) is 5.75 Å². The average Bonchev–Trinajstić information content (AvgIpc) is 3.01. The van der Waals surface area contributed by atoms with E-state index in [0.717, 1.165) is 31.2 Å². The highest BCUT2D eigenvalue weighted by Gasteiger charge is 2.69. The van der Waals surface area contributed by atoms with E-state index >= 15 is 0 Å². The van der Waals surface area contributed by atoms with Crippen molar-refractivity contribution in [2.75, 3.05) is 7.11 Å². The van der Waals surface area contributed by atoms with Gasteiger partial charge in [0.15, 0.2) is 18.2 Å². The quantitative estimate of drug-likeness (QED) is 0.673. The van der Waals surface area contributed by atoms with Crippen LogP contribution in [0.25, 0.3) is 0 Å². The first kappa shape index (κ1) is 22.1. The van der Waals surface area contributed by atoms with Gasteiger partial charge in [-0.15, -0.1) is 0 Å². The molecule has 1 aromatic rings. The van der Waals surface area contributed by atoms with E-state index in [-0.39, 0.29) is 24.0 Å². The third-order valence-electron chi connectivity index (χ3n) is 8.03. The van der Waals surface area contributed by atoms with Crippen LogP contribution in [0.2, 0.25) is 0 Å². The van der Waals surface area contributed by atoms with Gasteiger partial charge in [-0.05, 0) is 50.2 Å². The number of hydrogen-bond donors (Lipinski definition) is 1. The van der Waals surface area contributed by atoms with Crippen LogP contribution in [0.3, 0.4) is 0 Å². The van der Waals surface area contributed by atoms with Gasteiger partial charge in [0.1, 0.15) is 5.75 Å². The van der Waals surface area contributed by atoms with Crippen molar-refractivity contribution in [3.63, 3.8) is 0 Å². The van der Waals surface area contributed by atoms with E-state index in [1.165, 1.54) is 13.2 Å². The van der Waals surface area contributed by atoms with Crippen LogP contribution in [0.15, 0.2) is 18.2 Å². The maximum Gasteiger partial charge on any atom is 0.335 e. The number of rotatable bonds is 5. The van der Waals surface area contributed by atoms with E-state index in [0.29, 0.717) is 17.6 Å². The summed E-state index contributed by atoms with van der Waals surface area (Å²) in [4.78, 5) is 23.3. The first-order valence-corrected chi connectivity index (χ1v) is 11.5. The lowest BCUT2D eigenvalue weighted by Gasteiger charge is -2.60. The van der Waals surface area contributed by atoms with Crippen molar-refractivity contribution in [1.29, 1.82) is 0 Å². The van der Waals surface area contributed by atoms with E-state index in [2.05, 4.69) is 13.8 Å². The first-order valence-electron chi connectivity index (χ1n) is 11.5. The number of aromatic carboxylic acids is 1. The van der Waals surface area contributed by atoms with E-state index in [4.69, 9.17) is 28.7 Å². The van der Waals surface area contributed by atoms with Crippen LogP contribution in [-0.4, -0.2) is 42.2 Å². The smallest absolute Gasteiger partial charge is 0.335 e. The summed E-state index contributed by atoms with van der Waals surface area (Å²) in [6.07, 6.45) is 2.84. The fraction of sp³-hybridized carbons (Fsp3) is 0.708. The Kier molecular flexibility index (Phi) is 5.49. The zero-order valence-corrected chi connectivity index (χ0v) is 19.0. The summed E-state index contributed by atoms with van der Waals surface area (Å²) in [5.74, 6) is -0.271. The van der Waals surface area contributed by atoms with Crippen LogP contribution in [0.1, 0.15) is 62.4 Å². The Morgan fingerprint density at radius 1 is 1.19 bits per heavy atom. The second-order valence-electron chi connectivity index (χ2n) is 9.92. The molecule has 4 aliphatic heterocycles. The molecular formula is C24H32O8. The van der Waals surface area contributed by atoms with Crippen LogP contribution in [0.4, 0.5) is 0 Å². The highest BCUT2D eigenvalue weighted by atomic mass is 17.3. The van der Waals surface area contributed by atoms with Crippen molar-refractivity contribution in [3.05, 3.63) is 29.3 Å². The minimum Gasteiger partial charge on any atom is -0.496 e. The summed E-state index contributed by atoms with van der Waals surface area (Å²) < 4.78 is 24.4. The molecule has 8 heteroatoms. The third-order valence-corrected chi connectivity index (χ3v) is 8.03. The van der Waals surface area contributed by atoms with Gasteiger partial charge < -0.3 is 24.1 Å². The van der Waals surface area contributed by atoms with Crippen LogP contribution >= 0.6 is 0 Å². The Morgan fingerprint density at radius 3 is 2.75 bits per heavy atom. The molecule has 0 amide bonds. The average molecular weight is 449 g/mol. The van der Waals surface area contributed by atoms with Crippen LogP contribution < -0.4 is 4.74 Å². The van der Waals surface area contributed by atoms with Gasteiger partial charge in [-0.25, -0.2) is 14.6 Å². The molecule has 8 nitrogen and oxygen atoms in total. The monoisotopic (exact) mass is 448 g/mol. The maximum atomic E-state index is 11.3. The summed E-state index contributed by atoms with van der Waals surface area (Å²) in [5.41, 5.74) is 0.317. The zero-order valence-electron chi connectivity index (χ0n) is 19.0. The lowest BCUT2D eigenvalue weighted by Crippen LogP contribution is -2.70. The maximum absolute atomic E-state index is 11.3. The fourth-order valence-corrected chi connectivity index (χ4v) is 6.23. The molecule has 176 valence electrons. The van der Waals surface area contributed by atoms with E-state index < -0.39 is 29.9 Å². The number of fused-ring (bicyclic) bond motifs is 2. The third kappa shape index (κ3) is 3.35. The van der Waals surface area contributed by atoms with E-state index in [9.17, 15) is 9.90 Å². The van der Waals surface area contributed by atoms with Gasteiger partial charge in [0, 0.05) is 23.8 Å². The Labute approximate surface area is 188 Å². The largest absolute Gasteiger partial charge is 0.496 e. The number of ether oxygens (including phenoxy) is 4. The molecule has 0 radical (unpaired) electrons. The highest BCUT2D eigenvalue weighted by molar-refractivity contribution is 5.88. The lowest BCUT2D eigenvalue weighted by atomic mass is 9.58. The number of carbonyl (C=O) groups is 1. The summed E-state index contributed by atoms with van der Waals surface area (Å²) in [5, 5.41) is 9.23. The SMILES string of the molecule is COc1cc(C(=O)O)ccc1CO[C@H]1O[C@@H]2O[C@@]3(C)CC[C@H]4[C@H](C)CC[C@@H]([C@H]1C)[C@@]24OO3.